The van der Waals surface area contributed by atoms with Gasteiger partial charge < -0.3 is 10.6 Å². The molecule has 0 spiro atoms. The number of nitrogens with one attached hydrogen (secondary N) is 2. The van der Waals surface area contributed by atoms with Crippen molar-refractivity contribution >= 4 is 23.3 Å². The van der Waals surface area contributed by atoms with E-state index in [0.29, 0.717) is 6.42 Å². The lowest BCUT2D eigenvalue weighted by Crippen LogP contribution is -2.42. The van der Waals surface area contributed by atoms with Crippen LogP contribution in [0.4, 0.5) is 0 Å². The monoisotopic (exact) mass is 284 g/mol. The van der Waals surface area contributed by atoms with Crippen LogP contribution in [0.5, 0.6) is 0 Å². The largest absolute Gasteiger partial charge is 0.342 e. The minimum absolute atomic E-state index is 0.000553. The van der Waals surface area contributed by atoms with Crippen LogP contribution in [0.2, 0.25) is 0 Å². The van der Waals surface area contributed by atoms with Gasteiger partial charge in [0.25, 0.3) is 5.91 Å². The van der Waals surface area contributed by atoms with Crippen molar-refractivity contribution in [3.05, 3.63) is 0 Å². The standard InChI is InChI=1S/C14H24N2O4/c1-5-6-10(17)7-15-8-11(18)9-16-13(20)12(19)14(2,3)4/h15H,5-9H2,1-4H3,(H,16,20). The van der Waals surface area contributed by atoms with Gasteiger partial charge in [0.1, 0.15) is 5.78 Å². The first-order chi connectivity index (χ1) is 9.18. The van der Waals surface area contributed by atoms with E-state index in [2.05, 4.69) is 10.6 Å². The fraction of sp³-hybridized carbons (Fsp3) is 0.714. The molecule has 0 rings (SSSR count). The van der Waals surface area contributed by atoms with Gasteiger partial charge in [-0.05, 0) is 6.42 Å². The molecule has 114 valence electrons. The second-order valence-electron chi connectivity index (χ2n) is 5.69. The van der Waals surface area contributed by atoms with Crippen LogP contribution in [0.3, 0.4) is 0 Å². The molecule has 20 heavy (non-hydrogen) atoms. The molecule has 0 aliphatic heterocycles. The second kappa shape index (κ2) is 8.58. The first-order valence-electron chi connectivity index (χ1n) is 6.75. The highest BCUT2D eigenvalue weighted by Crippen LogP contribution is 2.13. The Labute approximate surface area is 119 Å². The normalized spacial score (nSPS) is 11.0. The summed E-state index contributed by atoms with van der Waals surface area (Å²) in [6.07, 6.45) is 1.26. The molecule has 0 saturated carbocycles. The van der Waals surface area contributed by atoms with Crippen LogP contribution in [0.25, 0.3) is 0 Å². The Balaban J connectivity index is 3.92. The quantitative estimate of drug-likeness (QED) is 0.592. The van der Waals surface area contributed by atoms with Gasteiger partial charge in [0.05, 0.1) is 19.6 Å². The molecule has 0 aromatic heterocycles. The lowest BCUT2D eigenvalue weighted by Gasteiger charge is -2.15. The maximum absolute atomic E-state index is 11.6. The summed E-state index contributed by atoms with van der Waals surface area (Å²) < 4.78 is 0. The Morgan fingerprint density at radius 1 is 0.900 bits per heavy atom. The molecule has 2 N–H and O–H groups in total. The number of carbonyl (C=O) groups excluding carboxylic acids is 4. The molecule has 6 heteroatoms. The lowest BCUT2D eigenvalue weighted by molar-refractivity contribution is -0.142. The summed E-state index contributed by atoms with van der Waals surface area (Å²) in [5.41, 5.74) is -0.766. The molecule has 0 saturated heterocycles. The summed E-state index contributed by atoms with van der Waals surface area (Å²) in [6.45, 7) is 6.75. The van der Waals surface area contributed by atoms with Crippen molar-refractivity contribution in [2.24, 2.45) is 5.41 Å². The Bertz CT molecular complexity index is 383. The average Bonchev–Trinajstić information content (AvgIpc) is 2.34. The summed E-state index contributed by atoms with van der Waals surface area (Å²) in [4.78, 5) is 45.7. The van der Waals surface area contributed by atoms with Crippen molar-refractivity contribution in [3.8, 4) is 0 Å². The zero-order valence-electron chi connectivity index (χ0n) is 12.7. The molecular formula is C14H24N2O4. The molecule has 6 nitrogen and oxygen atoms in total. The summed E-state index contributed by atoms with van der Waals surface area (Å²) in [5.74, 6) is -1.54. The van der Waals surface area contributed by atoms with Gasteiger partial charge in [-0.1, -0.05) is 27.7 Å². The molecule has 0 aromatic carbocycles. The molecule has 0 aliphatic rings. The number of hydrogen-bond donors (Lipinski definition) is 2. The highest BCUT2D eigenvalue weighted by molar-refractivity contribution is 6.38. The predicted octanol–water partition coefficient (Wildman–Crippen LogP) is 0.246. The van der Waals surface area contributed by atoms with Gasteiger partial charge in [-0.15, -0.1) is 0 Å². The van der Waals surface area contributed by atoms with Crippen LogP contribution in [0.15, 0.2) is 0 Å². The molecule has 0 radical (unpaired) electrons. The lowest BCUT2D eigenvalue weighted by atomic mass is 9.90. The van der Waals surface area contributed by atoms with E-state index >= 15 is 0 Å². The van der Waals surface area contributed by atoms with Gasteiger partial charge in [0.15, 0.2) is 5.78 Å². The van der Waals surface area contributed by atoms with Gasteiger partial charge >= 0.3 is 0 Å². The summed E-state index contributed by atoms with van der Waals surface area (Å²) >= 11 is 0. The maximum atomic E-state index is 11.6. The topological polar surface area (TPSA) is 92.3 Å². The van der Waals surface area contributed by atoms with Crippen LogP contribution >= 0.6 is 0 Å². The Hall–Kier alpha value is -1.56. The zero-order chi connectivity index (χ0) is 15.8. The van der Waals surface area contributed by atoms with Crippen LogP contribution in [0, 0.1) is 5.41 Å². The van der Waals surface area contributed by atoms with Crippen molar-refractivity contribution in [3.63, 3.8) is 0 Å². The van der Waals surface area contributed by atoms with E-state index < -0.39 is 17.1 Å². The van der Waals surface area contributed by atoms with Gasteiger partial charge in [0.2, 0.25) is 5.78 Å². The Morgan fingerprint density at radius 3 is 1.95 bits per heavy atom. The molecule has 0 bridgehead atoms. The SMILES string of the molecule is CCCC(=O)CNCC(=O)CNC(=O)C(=O)C(C)(C)C. The summed E-state index contributed by atoms with van der Waals surface area (Å²) in [5, 5.41) is 5.01. The zero-order valence-corrected chi connectivity index (χ0v) is 12.7. The van der Waals surface area contributed by atoms with Crippen molar-refractivity contribution in [2.75, 3.05) is 19.6 Å². The van der Waals surface area contributed by atoms with Crippen molar-refractivity contribution in [2.45, 2.75) is 40.5 Å². The molecule has 0 fully saturated rings. The number of amides is 1. The van der Waals surface area contributed by atoms with E-state index in [4.69, 9.17) is 0 Å². The fourth-order valence-corrected chi connectivity index (χ4v) is 1.37. The fourth-order valence-electron chi connectivity index (χ4n) is 1.37. The third kappa shape index (κ3) is 7.78. The predicted molar refractivity (Wildman–Crippen MR) is 75.3 cm³/mol. The van der Waals surface area contributed by atoms with Gasteiger partial charge in [-0.3, -0.25) is 19.2 Å². The molecule has 0 heterocycles. The van der Waals surface area contributed by atoms with Crippen LogP contribution < -0.4 is 10.6 Å². The van der Waals surface area contributed by atoms with E-state index in [1.165, 1.54) is 0 Å². The minimum Gasteiger partial charge on any atom is -0.342 e. The number of carbonyl (C=O) groups is 4. The van der Waals surface area contributed by atoms with Crippen molar-refractivity contribution < 1.29 is 19.2 Å². The van der Waals surface area contributed by atoms with E-state index in [1.54, 1.807) is 20.8 Å². The summed E-state index contributed by atoms with van der Waals surface area (Å²) in [7, 11) is 0. The Kier molecular flexibility index (Phi) is 7.91. The molecule has 0 atom stereocenters. The van der Waals surface area contributed by atoms with E-state index in [-0.39, 0.29) is 31.2 Å². The van der Waals surface area contributed by atoms with Crippen molar-refractivity contribution in [1.82, 2.24) is 10.6 Å². The first kappa shape index (κ1) is 18.4. The van der Waals surface area contributed by atoms with Crippen LogP contribution in [-0.4, -0.2) is 42.9 Å². The van der Waals surface area contributed by atoms with E-state index in [1.807, 2.05) is 6.92 Å². The number of ketones is 3. The molecule has 0 aliphatic carbocycles. The van der Waals surface area contributed by atoms with Gasteiger partial charge in [-0.2, -0.15) is 0 Å². The number of Topliss-reactive ketones (excluding diaryl/α,β-unsaturated/α-hetero) is 3. The highest BCUT2D eigenvalue weighted by Gasteiger charge is 2.28. The van der Waals surface area contributed by atoms with Gasteiger partial charge in [-0.25, -0.2) is 0 Å². The maximum Gasteiger partial charge on any atom is 0.288 e. The van der Waals surface area contributed by atoms with Crippen molar-refractivity contribution in [1.29, 1.82) is 0 Å². The Morgan fingerprint density at radius 2 is 1.45 bits per heavy atom. The molecule has 1 amide bonds. The van der Waals surface area contributed by atoms with E-state index in [9.17, 15) is 19.2 Å². The number of rotatable bonds is 9. The molecule has 0 unspecified atom stereocenters. The minimum atomic E-state index is -0.766. The smallest absolute Gasteiger partial charge is 0.288 e. The first-order valence-corrected chi connectivity index (χ1v) is 6.75. The molecule has 0 aromatic rings. The van der Waals surface area contributed by atoms with Gasteiger partial charge in [0, 0.05) is 11.8 Å². The second-order valence-corrected chi connectivity index (χ2v) is 5.69. The van der Waals surface area contributed by atoms with E-state index in [0.717, 1.165) is 6.42 Å². The average molecular weight is 284 g/mol. The van der Waals surface area contributed by atoms with Crippen LogP contribution in [0.1, 0.15) is 40.5 Å². The number of hydrogen-bond acceptors (Lipinski definition) is 5. The highest BCUT2D eigenvalue weighted by atomic mass is 16.2. The van der Waals surface area contributed by atoms with Crippen LogP contribution in [-0.2, 0) is 19.2 Å². The molecular weight excluding hydrogens is 260 g/mol. The summed E-state index contributed by atoms with van der Waals surface area (Å²) in [6, 6.07) is 0. The third-order valence-corrected chi connectivity index (χ3v) is 2.51. The third-order valence-electron chi connectivity index (χ3n) is 2.51.